The van der Waals surface area contributed by atoms with Gasteiger partial charge < -0.3 is 10.3 Å². The molecular weight excluding hydrogens is 222 g/mol. The number of aromatic nitrogens is 2. The van der Waals surface area contributed by atoms with Gasteiger partial charge in [0.15, 0.2) is 0 Å². The molecule has 17 heavy (non-hydrogen) atoms. The second-order valence-electron chi connectivity index (χ2n) is 3.19. The molecule has 0 unspecified atom stereocenters. The number of aromatic amines is 1. The molecule has 0 saturated heterocycles. The van der Waals surface area contributed by atoms with Gasteiger partial charge in [0.05, 0.1) is 28.7 Å². The highest BCUT2D eigenvalue weighted by atomic mass is 16.6. The fourth-order valence-corrected chi connectivity index (χ4v) is 1.32. The number of nitro groups is 1. The molecule has 0 spiro atoms. The number of non-ortho nitro benzene ring substituents is 1. The summed E-state index contributed by atoms with van der Waals surface area (Å²) in [6.07, 6.45) is 2.98. The van der Waals surface area contributed by atoms with E-state index in [4.69, 9.17) is 5.26 Å². The highest BCUT2D eigenvalue weighted by Crippen LogP contribution is 2.24. The summed E-state index contributed by atoms with van der Waals surface area (Å²) < 4.78 is 0. The van der Waals surface area contributed by atoms with Crippen molar-refractivity contribution in [3.05, 3.63) is 46.4 Å². The van der Waals surface area contributed by atoms with Crippen LogP contribution in [0.4, 0.5) is 17.2 Å². The Morgan fingerprint density at radius 1 is 1.53 bits per heavy atom. The van der Waals surface area contributed by atoms with E-state index in [-0.39, 0.29) is 5.69 Å². The molecule has 2 aromatic rings. The molecule has 0 radical (unpaired) electrons. The number of hydrogen-bond donors (Lipinski definition) is 2. The SMILES string of the molecule is N#Cc1ccc([N+](=O)[O-])cc1Nc1cnc[nH]1. The van der Waals surface area contributed by atoms with E-state index in [0.29, 0.717) is 17.1 Å². The van der Waals surface area contributed by atoms with Crippen LogP contribution in [0.25, 0.3) is 0 Å². The van der Waals surface area contributed by atoms with Gasteiger partial charge in [-0.15, -0.1) is 0 Å². The van der Waals surface area contributed by atoms with Gasteiger partial charge in [-0.05, 0) is 6.07 Å². The van der Waals surface area contributed by atoms with E-state index in [0.717, 1.165) is 0 Å². The van der Waals surface area contributed by atoms with E-state index in [9.17, 15) is 10.1 Å². The third-order valence-electron chi connectivity index (χ3n) is 2.10. The minimum absolute atomic E-state index is 0.0778. The fraction of sp³-hybridized carbons (Fsp3) is 0. The third-order valence-corrected chi connectivity index (χ3v) is 2.10. The molecule has 1 heterocycles. The molecule has 1 aromatic heterocycles. The van der Waals surface area contributed by atoms with Crippen molar-refractivity contribution in [3.8, 4) is 6.07 Å². The summed E-state index contributed by atoms with van der Waals surface area (Å²) in [5.41, 5.74) is 0.613. The zero-order chi connectivity index (χ0) is 12.3. The zero-order valence-electron chi connectivity index (χ0n) is 8.54. The van der Waals surface area contributed by atoms with E-state index in [1.165, 1.54) is 30.7 Å². The molecule has 2 N–H and O–H groups in total. The summed E-state index contributed by atoms with van der Waals surface area (Å²) in [4.78, 5) is 16.7. The zero-order valence-corrected chi connectivity index (χ0v) is 8.54. The number of rotatable bonds is 3. The van der Waals surface area contributed by atoms with Gasteiger partial charge in [-0.3, -0.25) is 10.1 Å². The largest absolute Gasteiger partial charge is 0.339 e. The Hall–Kier alpha value is -2.88. The molecule has 0 fully saturated rings. The molecule has 7 nitrogen and oxygen atoms in total. The summed E-state index contributed by atoms with van der Waals surface area (Å²) in [5, 5.41) is 22.4. The molecule has 0 amide bonds. The predicted octanol–water partition coefficient (Wildman–Crippen LogP) is 1.93. The van der Waals surface area contributed by atoms with Gasteiger partial charge in [0.2, 0.25) is 0 Å². The highest BCUT2D eigenvalue weighted by molar-refractivity contribution is 5.67. The first-order chi connectivity index (χ1) is 8.20. The Morgan fingerprint density at radius 3 is 2.94 bits per heavy atom. The standard InChI is InChI=1S/C10H7N5O2/c11-4-7-1-2-8(15(16)17)3-9(7)14-10-5-12-6-13-10/h1-3,5-6,14H,(H,12,13). The van der Waals surface area contributed by atoms with Crippen LogP contribution in [0.2, 0.25) is 0 Å². The Kier molecular flexibility index (Phi) is 2.70. The molecule has 0 atom stereocenters. The molecule has 84 valence electrons. The maximum Gasteiger partial charge on any atom is 0.271 e. The maximum atomic E-state index is 10.6. The Bertz CT molecular complexity index is 585. The van der Waals surface area contributed by atoms with Crippen LogP contribution in [-0.4, -0.2) is 14.9 Å². The number of nitriles is 1. The average molecular weight is 229 g/mol. The minimum atomic E-state index is -0.515. The van der Waals surface area contributed by atoms with Crippen LogP contribution < -0.4 is 5.32 Å². The number of anilines is 2. The van der Waals surface area contributed by atoms with Crippen LogP contribution >= 0.6 is 0 Å². The van der Waals surface area contributed by atoms with Gasteiger partial charge in [-0.2, -0.15) is 5.26 Å². The Labute approximate surface area is 95.9 Å². The lowest BCUT2D eigenvalue weighted by Crippen LogP contribution is -1.96. The summed E-state index contributed by atoms with van der Waals surface area (Å²) in [7, 11) is 0. The predicted molar refractivity (Wildman–Crippen MR) is 59.7 cm³/mol. The van der Waals surface area contributed by atoms with Crippen molar-refractivity contribution in [2.24, 2.45) is 0 Å². The minimum Gasteiger partial charge on any atom is -0.339 e. The van der Waals surface area contributed by atoms with Gasteiger partial charge in [0.1, 0.15) is 11.9 Å². The van der Waals surface area contributed by atoms with Crippen LogP contribution in [0.1, 0.15) is 5.56 Å². The lowest BCUT2D eigenvalue weighted by molar-refractivity contribution is -0.384. The van der Waals surface area contributed by atoms with E-state index in [1.807, 2.05) is 6.07 Å². The van der Waals surface area contributed by atoms with Crippen LogP contribution in [0, 0.1) is 21.4 Å². The van der Waals surface area contributed by atoms with Crippen LogP contribution in [0.3, 0.4) is 0 Å². The first kappa shape index (κ1) is 10.6. The molecule has 0 aliphatic heterocycles. The second-order valence-corrected chi connectivity index (χ2v) is 3.19. The molecule has 0 saturated carbocycles. The lowest BCUT2D eigenvalue weighted by atomic mass is 10.2. The number of imidazole rings is 1. The van der Waals surface area contributed by atoms with Gasteiger partial charge in [-0.25, -0.2) is 4.98 Å². The summed E-state index contributed by atoms with van der Waals surface area (Å²) in [6.45, 7) is 0. The van der Waals surface area contributed by atoms with Gasteiger partial charge in [0, 0.05) is 12.1 Å². The topological polar surface area (TPSA) is 108 Å². The van der Waals surface area contributed by atoms with E-state index < -0.39 is 4.92 Å². The normalized spacial score (nSPS) is 9.59. The molecule has 0 bridgehead atoms. The second kappa shape index (κ2) is 4.32. The van der Waals surface area contributed by atoms with E-state index >= 15 is 0 Å². The number of hydrogen-bond acceptors (Lipinski definition) is 5. The lowest BCUT2D eigenvalue weighted by Gasteiger charge is -2.05. The van der Waals surface area contributed by atoms with Crippen LogP contribution in [0.5, 0.6) is 0 Å². The molecular formula is C10H7N5O2. The van der Waals surface area contributed by atoms with Crippen molar-refractivity contribution < 1.29 is 4.92 Å². The van der Waals surface area contributed by atoms with Crippen molar-refractivity contribution in [1.29, 1.82) is 5.26 Å². The maximum absolute atomic E-state index is 10.6. The summed E-state index contributed by atoms with van der Waals surface area (Å²) >= 11 is 0. The molecule has 1 aromatic carbocycles. The van der Waals surface area contributed by atoms with Crippen LogP contribution in [0.15, 0.2) is 30.7 Å². The third kappa shape index (κ3) is 2.21. The van der Waals surface area contributed by atoms with Crippen molar-refractivity contribution in [3.63, 3.8) is 0 Å². The Balaban J connectivity index is 2.40. The first-order valence-corrected chi connectivity index (χ1v) is 4.64. The van der Waals surface area contributed by atoms with Crippen LogP contribution in [-0.2, 0) is 0 Å². The number of nitrogens with zero attached hydrogens (tertiary/aromatic N) is 3. The van der Waals surface area contributed by atoms with Crippen molar-refractivity contribution >= 4 is 17.2 Å². The fourth-order valence-electron chi connectivity index (χ4n) is 1.32. The molecule has 0 aliphatic rings. The number of H-pyrrole nitrogens is 1. The highest BCUT2D eigenvalue weighted by Gasteiger charge is 2.11. The van der Waals surface area contributed by atoms with Gasteiger partial charge in [0.25, 0.3) is 5.69 Å². The number of nitro benzene ring substituents is 1. The monoisotopic (exact) mass is 229 g/mol. The van der Waals surface area contributed by atoms with Crippen molar-refractivity contribution in [2.45, 2.75) is 0 Å². The van der Waals surface area contributed by atoms with E-state index in [2.05, 4.69) is 15.3 Å². The van der Waals surface area contributed by atoms with Crippen molar-refractivity contribution in [2.75, 3.05) is 5.32 Å². The van der Waals surface area contributed by atoms with Gasteiger partial charge >= 0.3 is 0 Å². The Morgan fingerprint density at radius 2 is 2.35 bits per heavy atom. The molecule has 2 rings (SSSR count). The number of nitrogens with one attached hydrogen (secondary N) is 2. The quantitative estimate of drug-likeness (QED) is 0.617. The van der Waals surface area contributed by atoms with E-state index in [1.54, 1.807) is 0 Å². The van der Waals surface area contributed by atoms with Gasteiger partial charge in [-0.1, -0.05) is 0 Å². The summed E-state index contributed by atoms with van der Waals surface area (Å²) in [5.74, 6) is 0.557. The average Bonchev–Trinajstić information content (AvgIpc) is 2.81. The molecule has 7 heteroatoms. The first-order valence-electron chi connectivity index (χ1n) is 4.64. The smallest absolute Gasteiger partial charge is 0.271 e. The van der Waals surface area contributed by atoms with Crippen molar-refractivity contribution in [1.82, 2.24) is 9.97 Å². The molecule has 0 aliphatic carbocycles. The number of benzene rings is 1. The summed E-state index contributed by atoms with van der Waals surface area (Å²) in [6, 6.07) is 5.95.